The second-order valence-electron chi connectivity index (χ2n) is 10.8. The van der Waals surface area contributed by atoms with E-state index < -0.39 is 41.6 Å². The molecule has 0 aromatic heterocycles. The van der Waals surface area contributed by atoms with Gasteiger partial charge in [0.15, 0.2) is 0 Å². The number of nitrogens with zero attached hydrogens (tertiary/aromatic N) is 2. The molecule has 1 N–H and O–H groups in total. The summed E-state index contributed by atoms with van der Waals surface area (Å²) in [5.41, 5.74) is -0.197. The van der Waals surface area contributed by atoms with Gasteiger partial charge in [0.25, 0.3) is 0 Å². The molecule has 8 heteroatoms. The molecule has 4 rings (SSSR count). The number of amides is 2. The zero-order valence-corrected chi connectivity index (χ0v) is 22.5. The Labute approximate surface area is 225 Å². The quantitative estimate of drug-likeness (QED) is 0.242. The van der Waals surface area contributed by atoms with E-state index in [1.54, 1.807) is 17.1 Å². The van der Waals surface area contributed by atoms with Gasteiger partial charge in [-0.25, -0.2) is 0 Å². The molecule has 6 atom stereocenters. The fourth-order valence-electron chi connectivity index (χ4n) is 6.52. The van der Waals surface area contributed by atoms with E-state index in [0.29, 0.717) is 32.2 Å². The number of allylic oxidation sites excluding steroid dienone is 1. The van der Waals surface area contributed by atoms with Gasteiger partial charge in [0.05, 0.1) is 37.2 Å². The van der Waals surface area contributed by atoms with Gasteiger partial charge in [-0.3, -0.25) is 14.4 Å². The molecule has 2 unspecified atom stereocenters. The average Bonchev–Trinajstić information content (AvgIpc) is 3.55. The molecule has 8 nitrogen and oxygen atoms in total. The molecule has 3 aliphatic heterocycles. The van der Waals surface area contributed by atoms with E-state index in [1.807, 2.05) is 44.2 Å². The van der Waals surface area contributed by atoms with Gasteiger partial charge in [0.1, 0.15) is 11.6 Å². The number of aliphatic hydroxyl groups is 1. The first kappa shape index (κ1) is 28.0. The molecule has 3 saturated heterocycles. The number of hydrogen-bond acceptors (Lipinski definition) is 6. The van der Waals surface area contributed by atoms with Crippen molar-refractivity contribution in [1.82, 2.24) is 9.80 Å². The minimum Gasteiger partial charge on any atom is -0.465 e. The van der Waals surface area contributed by atoms with E-state index in [-0.39, 0.29) is 31.1 Å². The number of rotatable bonds is 13. The normalized spacial score (nSPS) is 28.3. The molecule has 1 aromatic rings. The number of carbonyl (C=O) groups excluding carboxylic acids is 3. The first-order chi connectivity index (χ1) is 18.3. The van der Waals surface area contributed by atoms with Gasteiger partial charge < -0.3 is 24.4 Å². The van der Waals surface area contributed by atoms with Crippen molar-refractivity contribution in [3.8, 4) is 0 Å². The van der Waals surface area contributed by atoms with Crippen molar-refractivity contribution in [1.29, 1.82) is 0 Å². The van der Waals surface area contributed by atoms with Gasteiger partial charge in [0.2, 0.25) is 11.8 Å². The molecule has 3 fully saturated rings. The Morgan fingerprint density at radius 1 is 1.26 bits per heavy atom. The highest BCUT2D eigenvalue weighted by Crippen LogP contribution is 2.59. The molecule has 1 spiro atoms. The first-order valence-electron chi connectivity index (χ1n) is 13.6. The number of esters is 1. The molecule has 3 heterocycles. The summed E-state index contributed by atoms with van der Waals surface area (Å²) in [7, 11) is 0. The van der Waals surface area contributed by atoms with E-state index >= 15 is 0 Å². The number of ether oxygens (including phenoxy) is 2. The van der Waals surface area contributed by atoms with Gasteiger partial charge in [0, 0.05) is 12.6 Å². The zero-order chi connectivity index (χ0) is 27.4. The number of fused-ring (bicyclic) bond motifs is 1. The summed E-state index contributed by atoms with van der Waals surface area (Å²) in [6.07, 6.45) is 5.77. The van der Waals surface area contributed by atoms with Crippen LogP contribution in [0.25, 0.3) is 0 Å². The highest BCUT2D eigenvalue weighted by Gasteiger charge is 2.75. The zero-order valence-electron chi connectivity index (χ0n) is 22.5. The summed E-state index contributed by atoms with van der Waals surface area (Å²) in [5, 5.41) is 10.5. The fourth-order valence-corrected chi connectivity index (χ4v) is 6.52. The van der Waals surface area contributed by atoms with Gasteiger partial charge >= 0.3 is 5.97 Å². The Hall–Kier alpha value is -2.97. The second-order valence-corrected chi connectivity index (χ2v) is 10.8. The monoisotopic (exact) mass is 524 g/mol. The Kier molecular flexibility index (Phi) is 8.73. The van der Waals surface area contributed by atoms with Crippen LogP contribution in [0.5, 0.6) is 0 Å². The molecule has 38 heavy (non-hydrogen) atoms. The largest absolute Gasteiger partial charge is 0.465 e. The van der Waals surface area contributed by atoms with Crippen molar-refractivity contribution in [2.24, 2.45) is 11.8 Å². The van der Waals surface area contributed by atoms with Crippen LogP contribution >= 0.6 is 0 Å². The number of hydrogen-bond donors (Lipinski definition) is 1. The number of carbonyl (C=O) groups is 3. The van der Waals surface area contributed by atoms with Crippen molar-refractivity contribution in [3.05, 3.63) is 61.2 Å². The number of aliphatic hydroxyl groups excluding tert-OH is 1. The van der Waals surface area contributed by atoms with E-state index in [2.05, 4.69) is 13.2 Å². The smallest absolute Gasteiger partial charge is 0.312 e. The van der Waals surface area contributed by atoms with Crippen LogP contribution in [0.1, 0.15) is 45.1 Å². The van der Waals surface area contributed by atoms with Crippen molar-refractivity contribution < 1.29 is 29.0 Å². The maximum absolute atomic E-state index is 14.2. The number of unbranched alkanes of at least 4 members (excludes halogenated alkanes) is 1. The van der Waals surface area contributed by atoms with Crippen molar-refractivity contribution in [2.45, 2.75) is 75.8 Å². The predicted octanol–water partition coefficient (Wildman–Crippen LogP) is 2.90. The second kappa shape index (κ2) is 11.8. The minimum absolute atomic E-state index is 0.140. The lowest BCUT2D eigenvalue weighted by Gasteiger charge is -2.40. The lowest BCUT2D eigenvalue weighted by atomic mass is 9.70. The Bertz CT molecular complexity index is 1040. The van der Waals surface area contributed by atoms with E-state index in [4.69, 9.17) is 9.47 Å². The maximum atomic E-state index is 14.2. The van der Waals surface area contributed by atoms with Crippen LogP contribution in [0.2, 0.25) is 0 Å². The molecule has 206 valence electrons. The van der Waals surface area contributed by atoms with Crippen LogP contribution in [0.3, 0.4) is 0 Å². The molecule has 3 aliphatic rings. The molecule has 0 saturated carbocycles. The van der Waals surface area contributed by atoms with E-state index in [0.717, 1.165) is 12.0 Å². The molecular weight excluding hydrogens is 484 g/mol. The summed E-state index contributed by atoms with van der Waals surface area (Å²) in [6.45, 7) is 11.6. The summed E-state index contributed by atoms with van der Waals surface area (Å²) >= 11 is 0. The molecule has 2 amide bonds. The molecule has 0 aliphatic carbocycles. The van der Waals surface area contributed by atoms with Crippen molar-refractivity contribution >= 4 is 17.8 Å². The van der Waals surface area contributed by atoms with Gasteiger partial charge in [-0.05, 0) is 51.5 Å². The Morgan fingerprint density at radius 3 is 2.63 bits per heavy atom. The third kappa shape index (κ3) is 4.92. The maximum Gasteiger partial charge on any atom is 0.312 e. The molecule has 1 aromatic carbocycles. The third-order valence-corrected chi connectivity index (χ3v) is 8.19. The van der Waals surface area contributed by atoms with Crippen LogP contribution in [0, 0.1) is 11.8 Å². The summed E-state index contributed by atoms with van der Waals surface area (Å²) in [5.74, 6) is -2.63. The Balaban J connectivity index is 1.72. The van der Waals surface area contributed by atoms with E-state index in [9.17, 15) is 19.5 Å². The SMILES string of the molecule is C=CCCCOC(=O)[C@@H]1[C@@H]2CCC3(O2)C(C(=O)N(CC=C)C(C)C)N([C@@H](CO)Cc2ccccc2)C(=O)[C@H]13. The lowest BCUT2D eigenvalue weighted by Crippen LogP contribution is -2.60. The number of likely N-dealkylation sites (tertiary alicyclic amines) is 1. The summed E-state index contributed by atoms with van der Waals surface area (Å²) in [4.78, 5) is 45.0. The first-order valence-corrected chi connectivity index (χ1v) is 13.6. The van der Waals surface area contributed by atoms with Crippen LogP contribution < -0.4 is 0 Å². The lowest BCUT2D eigenvalue weighted by molar-refractivity contribution is -0.157. The highest BCUT2D eigenvalue weighted by molar-refractivity contribution is 5.98. The topological polar surface area (TPSA) is 96.4 Å². The highest BCUT2D eigenvalue weighted by atomic mass is 16.6. The standard InChI is InChI=1S/C30H40N2O6/c1-5-7-11-17-37-29(36)24-23-14-15-30(38-23)25(24)27(34)32(22(19-33)18-21-12-9-8-10-13-21)26(30)28(35)31(16-6-2)20(3)4/h5-6,8-10,12-13,20,22-26,33H,1-2,7,11,14-19H2,3-4H3/t22-,23+,24-,25+,26?,30?/m1/s1. The summed E-state index contributed by atoms with van der Waals surface area (Å²) in [6, 6.07) is 7.83. The van der Waals surface area contributed by atoms with Gasteiger partial charge in [-0.15, -0.1) is 13.2 Å². The number of benzene rings is 1. The van der Waals surface area contributed by atoms with Crippen LogP contribution in [0.4, 0.5) is 0 Å². The predicted molar refractivity (Wildman–Crippen MR) is 143 cm³/mol. The van der Waals surface area contributed by atoms with Crippen LogP contribution in [-0.2, 0) is 30.3 Å². The average molecular weight is 525 g/mol. The van der Waals surface area contributed by atoms with Crippen LogP contribution in [0.15, 0.2) is 55.6 Å². The van der Waals surface area contributed by atoms with Crippen LogP contribution in [-0.4, -0.2) is 82.3 Å². The summed E-state index contributed by atoms with van der Waals surface area (Å²) < 4.78 is 12.1. The van der Waals surface area contributed by atoms with Gasteiger partial charge in [-0.2, -0.15) is 0 Å². The Morgan fingerprint density at radius 2 is 2.00 bits per heavy atom. The van der Waals surface area contributed by atoms with Gasteiger partial charge in [-0.1, -0.05) is 42.5 Å². The molecular formula is C30H40N2O6. The minimum atomic E-state index is -1.14. The molecule has 2 bridgehead atoms. The fraction of sp³-hybridized carbons (Fsp3) is 0.567. The van der Waals surface area contributed by atoms with Crippen molar-refractivity contribution in [2.75, 3.05) is 19.8 Å². The van der Waals surface area contributed by atoms with Crippen molar-refractivity contribution in [3.63, 3.8) is 0 Å². The van der Waals surface area contributed by atoms with E-state index in [1.165, 1.54) is 4.90 Å². The molecule has 0 radical (unpaired) electrons. The third-order valence-electron chi connectivity index (χ3n) is 8.19.